The van der Waals surface area contributed by atoms with E-state index in [9.17, 15) is 9.59 Å². The van der Waals surface area contributed by atoms with Gasteiger partial charge in [0.2, 0.25) is 0 Å². The molecule has 0 heterocycles. The second-order valence-corrected chi connectivity index (χ2v) is 5.91. The highest BCUT2D eigenvalue weighted by Gasteiger charge is 2.14. The summed E-state index contributed by atoms with van der Waals surface area (Å²) in [5.41, 5.74) is 2.54. The summed E-state index contributed by atoms with van der Waals surface area (Å²) in [5, 5.41) is 0. The largest absolute Gasteiger partial charge is 0.423 e. The van der Waals surface area contributed by atoms with E-state index >= 15 is 0 Å². The highest BCUT2D eigenvalue weighted by molar-refractivity contribution is 5.85. The summed E-state index contributed by atoms with van der Waals surface area (Å²) in [4.78, 5) is 24.9. The van der Waals surface area contributed by atoms with E-state index in [1.54, 1.807) is 30.3 Å². The molecular weight excluding hydrogens is 366 g/mol. The minimum absolute atomic E-state index is 0.407. The van der Waals surface area contributed by atoms with Crippen LogP contribution in [0.2, 0.25) is 0 Å². The van der Waals surface area contributed by atoms with Gasteiger partial charge in [-0.1, -0.05) is 37.4 Å². The number of benzene rings is 3. The first-order chi connectivity index (χ1) is 14.1. The Balaban J connectivity index is 1.99. The van der Waals surface area contributed by atoms with Crippen LogP contribution in [-0.4, -0.2) is 11.9 Å². The Kier molecular flexibility index (Phi) is 6.22. The van der Waals surface area contributed by atoms with Gasteiger partial charge < -0.3 is 14.4 Å². The lowest BCUT2D eigenvalue weighted by molar-refractivity contribution is -0.129. The summed E-state index contributed by atoms with van der Waals surface area (Å²) >= 11 is 0. The van der Waals surface area contributed by atoms with E-state index in [0.717, 1.165) is 29.2 Å². The van der Waals surface area contributed by atoms with E-state index in [1.165, 1.54) is 0 Å². The lowest BCUT2D eigenvalue weighted by atomic mass is 10.2. The smallest absolute Gasteiger partial charge is 0.335 e. The van der Waals surface area contributed by atoms with Gasteiger partial charge in [0.15, 0.2) is 0 Å². The fourth-order valence-corrected chi connectivity index (χ4v) is 2.69. The van der Waals surface area contributed by atoms with Crippen LogP contribution in [-0.2, 0) is 9.59 Å². The van der Waals surface area contributed by atoms with Crippen molar-refractivity contribution in [3.63, 3.8) is 0 Å². The maximum Gasteiger partial charge on any atom is 0.335 e. The number of esters is 2. The summed E-state index contributed by atoms with van der Waals surface area (Å²) in [6, 6.07) is 24.0. The molecule has 0 N–H and O–H groups in total. The van der Waals surface area contributed by atoms with Gasteiger partial charge in [-0.05, 0) is 48.5 Å². The Morgan fingerprint density at radius 1 is 0.655 bits per heavy atom. The highest BCUT2D eigenvalue weighted by Crippen LogP contribution is 2.36. The Morgan fingerprint density at radius 2 is 1.21 bits per heavy atom. The fraction of sp³-hybridized carbons (Fsp3) is 0. The molecule has 0 aromatic heterocycles. The number of anilines is 3. The van der Waals surface area contributed by atoms with Crippen molar-refractivity contribution in [2.75, 3.05) is 4.90 Å². The molecule has 0 saturated heterocycles. The molecule has 0 fully saturated rings. The number of rotatable bonds is 7. The number of ether oxygens (including phenoxy) is 2. The Morgan fingerprint density at radius 3 is 1.83 bits per heavy atom. The number of nitrogens with zero attached hydrogens (tertiary/aromatic N) is 1. The quantitative estimate of drug-likeness (QED) is 0.312. The highest BCUT2D eigenvalue weighted by atomic mass is 16.5. The molecule has 29 heavy (non-hydrogen) atoms. The molecule has 0 aliphatic rings. The van der Waals surface area contributed by atoms with Crippen LogP contribution in [0.4, 0.5) is 17.1 Å². The third-order valence-electron chi connectivity index (χ3n) is 3.96. The van der Waals surface area contributed by atoms with Crippen molar-refractivity contribution in [3.8, 4) is 11.5 Å². The SMILES string of the molecule is C=CC(=O)Oc1ccc(N(c2ccccc2)c2cccc(OC(=O)C=C)c2)cc1. The Bertz CT molecular complexity index is 1030. The van der Waals surface area contributed by atoms with Crippen LogP contribution in [0, 0.1) is 0 Å². The van der Waals surface area contributed by atoms with E-state index in [0.29, 0.717) is 11.5 Å². The molecule has 0 radical (unpaired) electrons. The molecule has 0 amide bonds. The second-order valence-electron chi connectivity index (χ2n) is 5.91. The van der Waals surface area contributed by atoms with Crippen LogP contribution in [0.15, 0.2) is 104 Å². The first kappa shape index (κ1) is 19.6. The first-order valence-electron chi connectivity index (χ1n) is 8.84. The van der Waals surface area contributed by atoms with Crippen molar-refractivity contribution in [1.82, 2.24) is 0 Å². The molecule has 5 heteroatoms. The molecule has 5 nitrogen and oxygen atoms in total. The maximum absolute atomic E-state index is 11.6. The van der Waals surface area contributed by atoms with Crippen molar-refractivity contribution in [2.45, 2.75) is 0 Å². The van der Waals surface area contributed by atoms with E-state index in [4.69, 9.17) is 9.47 Å². The lowest BCUT2D eigenvalue weighted by Gasteiger charge is -2.25. The molecule has 3 aromatic carbocycles. The fourth-order valence-electron chi connectivity index (χ4n) is 2.69. The van der Waals surface area contributed by atoms with Crippen LogP contribution in [0.1, 0.15) is 0 Å². The number of carbonyl (C=O) groups is 2. The van der Waals surface area contributed by atoms with Crippen molar-refractivity contribution >= 4 is 29.0 Å². The molecule has 3 rings (SSSR count). The number of para-hydroxylation sites is 1. The van der Waals surface area contributed by atoms with Crippen molar-refractivity contribution in [1.29, 1.82) is 0 Å². The molecule has 3 aromatic rings. The second kappa shape index (κ2) is 9.19. The summed E-state index contributed by atoms with van der Waals surface area (Å²) < 4.78 is 10.4. The van der Waals surface area contributed by atoms with Gasteiger partial charge in [0.05, 0.1) is 0 Å². The van der Waals surface area contributed by atoms with E-state index in [-0.39, 0.29) is 0 Å². The summed E-state index contributed by atoms with van der Waals surface area (Å²) in [7, 11) is 0. The van der Waals surface area contributed by atoms with Crippen molar-refractivity contribution < 1.29 is 19.1 Å². The zero-order valence-electron chi connectivity index (χ0n) is 15.7. The molecule has 0 spiro atoms. The number of carbonyl (C=O) groups excluding carboxylic acids is 2. The topological polar surface area (TPSA) is 55.8 Å². The predicted octanol–water partition coefficient (Wildman–Crippen LogP) is 5.34. The van der Waals surface area contributed by atoms with Crippen LogP contribution in [0.25, 0.3) is 0 Å². The maximum atomic E-state index is 11.6. The van der Waals surface area contributed by atoms with Crippen LogP contribution in [0.3, 0.4) is 0 Å². The minimum atomic E-state index is -0.526. The lowest BCUT2D eigenvalue weighted by Crippen LogP contribution is -2.11. The zero-order valence-corrected chi connectivity index (χ0v) is 15.7. The number of hydrogen-bond donors (Lipinski definition) is 0. The van der Waals surface area contributed by atoms with Crippen LogP contribution < -0.4 is 14.4 Å². The molecule has 0 atom stereocenters. The van der Waals surface area contributed by atoms with Crippen LogP contribution in [0.5, 0.6) is 11.5 Å². The monoisotopic (exact) mass is 385 g/mol. The average Bonchev–Trinajstić information content (AvgIpc) is 2.76. The molecule has 0 unspecified atom stereocenters. The number of hydrogen-bond acceptors (Lipinski definition) is 5. The Hall–Kier alpha value is -4.12. The van der Waals surface area contributed by atoms with Gasteiger partial charge in [-0.15, -0.1) is 0 Å². The van der Waals surface area contributed by atoms with Gasteiger partial charge in [-0.3, -0.25) is 0 Å². The summed E-state index contributed by atoms with van der Waals surface area (Å²) in [6.45, 7) is 6.81. The molecule has 0 saturated carbocycles. The minimum Gasteiger partial charge on any atom is -0.423 e. The summed E-state index contributed by atoms with van der Waals surface area (Å²) in [5.74, 6) is -0.221. The average molecular weight is 385 g/mol. The normalized spacial score (nSPS) is 9.93. The molecule has 0 bridgehead atoms. The summed E-state index contributed by atoms with van der Waals surface area (Å²) in [6.07, 6.45) is 2.23. The Labute approximate surface area is 169 Å². The molecule has 144 valence electrons. The van der Waals surface area contributed by atoms with Gasteiger partial charge in [0.1, 0.15) is 11.5 Å². The van der Waals surface area contributed by atoms with Gasteiger partial charge in [0, 0.05) is 35.3 Å². The van der Waals surface area contributed by atoms with Crippen molar-refractivity contribution in [3.05, 3.63) is 104 Å². The standard InChI is InChI=1S/C24H19NO4/c1-3-23(26)28-21-15-13-19(14-16-21)25(18-9-6-5-7-10-18)20-11-8-12-22(17-20)29-24(27)4-2/h3-17H,1-2H2. The molecule has 0 aliphatic heterocycles. The third-order valence-corrected chi connectivity index (χ3v) is 3.96. The van der Waals surface area contributed by atoms with E-state index in [1.807, 2.05) is 53.4 Å². The van der Waals surface area contributed by atoms with Gasteiger partial charge in [-0.2, -0.15) is 0 Å². The van der Waals surface area contributed by atoms with Gasteiger partial charge in [0.25, 0.3) is 0 Å². The molecular formula is C24H19NO4. The zero-order chi connectivity index (χ0) is 20.6. The van der Waals surface area contributed by atoms with Gasteiger partial charge >= 0.3 is 11.9 Å². The van der Waals surface area contributed by atoms with Crippen LogP contribution >= 0.6 is 0 Å². The first-order valence-corrected chi connectivity index (χ1v) is 8.84. The van der Waals surface area contributed by atoms with E-state index in [2.05, 4.69) is 13.2 Å². The van der Waals surface area contributed by atoms with Crippen molar-refractivity contribution in [2.24, 2.45) is 0 Å². The van der Waals surface area contributed by atoms with E-state index < -0.39 is 11.9 Å². The molecule has 0 aliphatic carbocycles. The third kappa shape index (κ3) is 4.99. The van der Waals surface area contributed by atoms with Gasteiger partial charge in [-0.25, -0.2) is 9.59 Å². The predicted molar refractivity (Wildman–Crippen MR) is 113 cm³/mol.